The summed E-state index contributed by atoms with van der Waals surface area (Å²) in [4.78, 5) is 15.6. The quantitative estimate of drug-likeness (QED) is 0.586. The van der Waals surface area contributed by atoms with Gasteiger partial charge in [-0.15, -0.1) is 0 Å². The van der Waals surface area contributed by atoms with Gasteiger partial charge in [0.05, 0.1) is 6.21 Å². The van der Waals surface area contributed by atoms with Crippen molar-refractivity contribution in [2.75, 3.05) is 0 Å². The number of rotatable bonds is 4. The predicted octanol–water partition coefficient (Wildman–Crippen LogP) is 3.76. The fourth-order valence-electron chi connectivity index (χ4n) is 1.91. The Kier molecular flexibility index (Phi) is 4.49. The molecule has 3 aromatic rings. The van der Waals surface area contributed by atoms with Crippen LogP contribution in [0.5, 0.6) is 0 Å². The lowest BCUT2D eigenvalue weighted by Gasteiger charge is -1.98. The summed E-state index contributed by atoms with van der Waals surface area (Å²) in [7, 11) is 0. The molecule has 0 unspecified atom stereocenters. The van der Waals surface area contributed by atoms with Gasteiger partial charge in [0.2, 0.25) is 0 Å². The summed E-state index contributed by atoms with van der Waals surface area (Å²) in [6.07, 6.45) is 4.53. The first-order chi connectivity index (χ1) is 11.2. The second kappa shape index (κ2) is 6.89. The number of aromatic nitrogens is 1. The number of halogens is 1. The molecule has 0 spiro atoms. The third-order valence-electron chi connectivity index (χ3n) is 3.06. The summed E-state index contributed by atoms with van der Waals surface area (Å²) in [5, 5.41) is 4.55. The second-order valence-electron chi connectivity index (χ2n) is 4.64. The van der Waals surface area contributed by atoms with Crippen molar-refractivity contribution >= 4 is 23.7 Å². The number of nitrogens with zero attached hydrogens (tertiary/aromatic N) is 2. The Bertz CT molecular complexity index is 827. The minimum atomic E-state index is -0.312. The molecular weight excluding hydrogens is 314 g/mol. The first kappa shape index (κ1) is 15.0. The van der Waals surface area contributed by atoms with Gasteiger partial charge < -0.3 is 4.42 Å². The topological polar surface area (TPSA) is 67.5 Å². The van der Waals surface area contributed by atoms with E-state index in [1.807, 2.05) is 18.2 Å². The SMILES string of the molecule is O=C(NN=Cc1ccc(-c2ccc(Cl)cc2)o1)c1ccncc1. The van der Waals surface area contributed by atoms with Crippen LogP contribution in [0.15, 0.2) is 70.4 Å². The molecule has 6 heteroatoms. The van der Waals surface area contributed by atoms with Crippen molar-refractivity contribution in [3.8, 4) is 11.3 Å². The van der Waals surface area contributed by atoms with E-state index in [4.69, 9.17) is 16.0 Å². The molecule has 0 aliphatic carbocycles. The lowest BCUT2D eigenvalue weighted by Crippen LogP contribution is -2.17. The number of carbonyl (C=O) groups excluding carboxylic acids is 1. The summed E-state index contributed by atoms with van der Waals surface area (Å²) in [5.41, 5.74) is 3.83. The molecule has 5 nitrogen and oxygen atoms in total. The number of pyridine rings is 1. The van der Waals surface area contributed by atoms with Crippen molar-refractivity contribution in [1.29, 1.82) is 0 Å². The van der Waals surface area contributed by atoms with Gasteiger partial charge >= 0.3 is 0 Å². The van der Waals surface area contributed by atoms with Gasteiger partial charge in [0, 0.05) is 28.5 Å². The van der Waals surface area contributed by atoms with Crippen molar-refractivity contribution in [2.24, 2.45) is 5.10 Å². The van der Waals surface area contributed by atoms with Crippen molar-refractivity contribution in [2.45, 2.75) is 0 Å². The van der Waals surface area contributed by atoms with Crippen molar-refractivity contribution in [3.63, 3.8) is 0 Å². The molecule has 2 aromatic heterocycles. The van der Waals surface area contributed by atoms with Crippen molar-refractivity contribution in [3.05, 3.63) is 77.3 Å². The highest BCUT2D eigenvalue weighted by Gasteiger charge is 2.04. The fourth-order valence-corrected chi connectivity index (χ4v) is 2.04. The molecule has 0 saturated carbocycles. The number of furan rings is 1. The minimum Gasteiger partial charge on any atom is -0.455 e. The van der Waals surface area contributed by atoms with Gasteiger partial charge in [0.15, 0.2) is 0 Å². The summed E-state index contributed by atoms with van der Waals surface area (Å²) >= 11 is 5.86. The van der Waals surface area contributed by atoms with Gasteiger partial charge in [0.1, 0.15) is 11.5 Å². The Hall–Kier alpha value is -2.92. The van der Waals surface area contributed by atoms with Gasteiger partial charge in [-0.2, -0.15) is 5.10 Å². The molecule has 0 saturated heterocycles. The summed E-state index contributed by atoms with van der Waals surface area (Å²) < 4.78 is 5.64. The Morgan fingerprint density at radius 1 is 1.09 bits per heavy atom. The lowest BCUT2D eigenvalue weighted by molar-refractivity contribution is 0.0955. The van der Waals surface area contributed by atoms with Crippen LogP contribution in [0.25, 0.3) is 11.3 Å². The summed E-state index contributed by atoms with van der Waals surface area (Å²) in [6, 6.07) is 14.1. The van der Waals surface area contributed by atoms with Crippen molar-refractivity contribution in [1.82, 2.24) is 10.4 Å². The molecule has 0 atom stereocenters. The van der Waals surface area contributed by atoms with Gasteiger partial charge in [-0.05, 0) is 48.5 Å². The summed E-state index contributed by atoms with van der Waals surface area (Å²) in [6.45, 7) is 0. The molecule has 3 rings (SSSR count). The van der Waals surface area contributed by atoms with Crippen LogP contribution < -0.4 is 5.43 Å². The van der Waals surface area contributed by atoms with Crippen LogP contribution >= 0.6 is 11.6 Å². The van der Waals surface area contributed by atoms with Gasteiger partial charge in [-0.25, -0.2) is 5.43 Å². The number of carbonyl (C=O) groups is 1. The minimum absolute atomic E-state index is 0.312. The fraction of sp³-hybridized carbons (Fsp3) is 0. The zero-order chi connectivity index (χ0) is 16.1. The molecule has 0 aliphatic heterocycles. The highest BCUT2D eigenvalue weighted by Crippen LogP contribution is 2.23. The molecular formula is C17H12ClN3O2. The normalized spacial score (nSPS) is 10.8. The smallest absolute Gasteiger partial charge is 0.271 e. The molecule has 0 bridgehead atoms. The average Bonchev–Trinajstić information content (AvgIpc) is 3.05. The standard InChI is InChI=1S/C17H12ClN3O2/c18-14-3-1-12(2-4-14)16-6-5-15(23-16)11-20-21-17(22)13-7-9-19-10-8-13/h1-11H,(H,21,22). The Morgan fingerprint density at radius 3 is 2.57 bits per heavy atom. The molecule has 23 heavy (non-hydrogen) atoms. The van der Waals surface area contributed by atoms with E-state index in [9.17, 15) is 4.79 Å². The molecule has 1 amide bonds. The van der Waals surface area contributed by atoms with Crippen LogP contribution in [0.4, 0.5) is 0 Å². The number of amides is 1. The summed E-state index contributed by atoms with van der Waals surface area (Å²) in [5.74, 6) is 0.918. The number of hydrogen-bond acceptors (Lipinski definition) is 4. The van der Waals surface area contributed by atoms with E-state index >= 15 is 0 Å². The number of nitrogens with one attached hydrogen (secondary N) is 1. The van der Waals surface area contributed by atoms with E-state index in [-0.39, 0.29) is 5.91 Å². The monoisotopic (exact) mass is 325 g/mol. The van der Waals surface area contributed by atoms with Crippen LogP contribution in [0.3, 0.4) is 0 Å². The zero-order valence-electron chi connectivity index (χ0n) is 11.9. The van der Waals surface area contributed by atoms with Crippen LogP contribution in [0.1, 0.15) is 16.1 Å². The first-order valence-corrected chi connectivity index (χ1v) is 7.19. The maximum absolute atomic E-state index is 11.8. The Labute approximate surface area is 137 Å². The number of benzene rings is 1. The molecule has 114 valence electrons. The first-order valence-electron chi connectivity index (χ1n) is 6.81. The van der Waals surface area contributed by atoms with E-state index in [1.165, 1.54) is 6.21 Å². The van der Waals surface area contributed by atoms with E-state index in [1.54, 1.807) is 42.7 Å². The molecule has 2 heterocycles. The van der Waals surface area contributed by atoms with Crippen LogP contribution in [0, 0.1) is 0 Å². The molecule has 0 fully saturated rings. The highest BCUT2D eigenvalue weighted by atomic mass is 35.5. The van der Waals surface area contributed by atoms with Gasteiger partial charge in [-0.1, -0.05) is 11.6 Å². The van der Waals surface area contributed by atoms with Crippen LogP contribution in [-0.4, -0.2) is 17.1 Å². The van der Waals surface area contributed by atoms with E-state index in [2.05, 4.69) is 15.5 Å². The Morgan fingerprint density at radius 2 is 1.83 bits per heavy atom. The van der Waals surface area contributed by atoms with Crippen LogP contribution in [-0.2, 0) is 0 Å². The number of hydrogen-bond donors (Lipinski definition) is 1. The van der Waals surface area contributed by atoms with E-state index < -0.39 is 0 Å². The molecule has 0 radical (unpaired) electrons. The van der Waals surface area contributed by atoms with Crippen molar-refractivity contribution < 1.29 is 9.21 Å². The molecule has 0 aliphatic rings. The largest absolute Gasteiger partial charge is 0.455 e. The van der Waals surface area contributed by atoms with Crippen LogP contribution in [0.2, 0.25) is 5.02 Å². The maximum atomic E-state index is 11.8. The second-order valence-corrected chi connectivity index (χ2v) is 5.08. The highest BCUT2D eigenvalue weighted by molar-refractivity contribution is 6.30. The number of hydrazone groups is 1. The van der Waals surface area contributed by atoms with E-state index in [0.29, 0.717) is 22.1 Å². The molecule has 1 aromatic carbocycles. The van der Waals surface area contributed by atoms with E-state index in [0.717, 1.165) is 5.56 Å². The maximum Gasteiger partial charge on any atom is 0.271 e. The average molecular weight is 326 g/mol. The molecule has 1 N–H and O–H groups in total. The third-order valence-corrected chi connectivity index (χ3v) is 3.31. The third kappa shape index (κ3) is 3.84. The lowest BCUT2D eigenvalue weighted by atomic mass is 10.2. The Balaban J connectivity index is 1.65. The zero-order valence-corrected chi connectivity index (χ0v) is 12.7. The predicted molar refractivity (Wildman–Crippen MR) is 88.5 cm³/mol. The van der Waals surface area contributed by atoms with Gasteiger partial charge in [-0.3, -0.25) is 9.78 Å². The van der Waals surface area contributed by atoms with Gasteiger partial charge in [0.25, 0.3) is 5.91 Å².